The maximum absolute atomic E-state index is 12.3. The Morgan fingerprint density at radius 1 is 1.15 bits per heavy atom. The topological polar surface area (TPSA) is 49.4 Å². The number of benzene rings is 1. The highest BCUT2D eigenvalue weighted by molar-refractivity contribution is 7.89. The largest absolute Gasteiger partial charge is 0.379 e. The van der Waals surface area contributed by atoms with Gasteiger partial charge in [-0.25, -0.2) is 12.7 Å². The van der Waals surface area contributed by atoms with E-state index in [-0.39, 0.29) is 0 Å². The second-order valence-corrected chi connectivity index (χ2v) is 8.14. The molecule has 0 amide bonds. The van der Waals surface area contributed by atoms with Gasteiger partial charge in [0.25, 0.3) is 0 Å². The molecule has 0 atom stereocenters. The molecule has 0 aliphatic rings. The summed E-state index contributed by atoms with van der Waals surface area (Å²) in [7, 11) is -0.360. The third-order valence-electron chi connectivity index (χ3n) is 2.89. The number of hydrogen-bond acceptors (Lipinski definition) is 4. The van der Waals surface area contributed by atoms with Gasteiger partial charge in [0.05, 0.1) is 5.69 Å². The van der Waals surface area contributed by atoms with Crippen LogP contribution < -0.4 is 5.32 Å². The molecule has 0 aliphatic heterocycles. The average Bonchev–Trinajstić information content (AvgIpc) is 2.82. The maximum Gasteiger partial charge on any atom is 0.244 e. The Balaban J connectivity index is 2.25. The van der Waals surface area contributed by atoms with Crippen LogP contribution in [0.4, 0.5) is 5.69 Å². The second kappa shape index (κ2) is 5.95. The van der Waals surface area contributed by atoms with Crippen molar-refractivity contribution in [1.82, 2.24) is 4.31 Å². The fourth-order valence-corrected chi connectivity index (χ4v) is 3.69. The highest BCUT2D eigenvalue weighted by atomic mass is 32.2. The third-order valence-corrected chi connectivity index (χ3v) is 5.77. The van der Waals surface area contributed by atoms with Crippen LogP contribution in [0.25, 0.3) is 0 Å². The SMILES string of the molecule is Cc1ccc(CNc2ccccc2S(=O)(=O)N(C)C)s1. The van der Waals surface area contributed by atoms with Gasteiger partial charge in [-0.1, -0.05) is 12.1 Å². The quantitative estimate of drug-likeness (QED) is 0.924. The summed E-state index contributed by atoms with van der Waals surface area (Å²) < 4.78 is 25.7. The lowest BCUT2D eigenvalue weighted by molar-refractivity contribution is 0.521. The number of rotatable bonds is 5. The van der Waals surface area contributed by atoms with Gasteiger partial charge in [-0.3, -0.25) is 0 Å². The Labute approximate surface area is 124 Å². The molecule has 1 aromatic carbocycles. The summed E-state index contributed by atoms with van der Waals surface area (Å²) in [5, 5.41) is 3.21. The number of hydrogen-bond donors (Lipinski definition) is 1. The molecule has 2 rings (SSSR count). The molecule has 108 valence electrons. The molecule has 0 saturated heterocycles. The van der Waals surface area contributed by atoms with Gasteiger partial charge in [0.15, 0.2) is 0 Å². The van der Waals surface area contributed by atoms with Gasteiger partial charge in [0, 0.05) is 30.4 Å². The van der Waals surface area contributed by atoms with Gasteiger partial charge in [0.2, 0.25) is 10.0 Å². The van der Waals surface area contributed by atoms with E-state index in [1.54, 1.807) is 29.5 Å². The zero-order chi connectivity index (χ0) is 14.8. The number of nitrogens with one attached hydrogen (secondary N) is 1. The van der Waals surface area contributed by atoms with Crippen LogP contribution in [0.1, 0.15) is 9.75 Å². The molecule has 6 heteroatoms. The molecule has 0 bridgehead atoms. The molecule has 0 aliphatic carbocycles. The summed E-state index contributed by atoms with van der Waals surface area (Å²) in [6.45, 7) is 2.68. The lowest BCUT2D eigenvalue weighted by atomic mass is 10.3. The molecule has 1 aromatic heterocycles. The maximum atomic E-state index is 12.3. The van der Waals surface area contributed by atoms with E-state index in [9.17, 15) is 8.42 Å². The average molecular weight is 310 g/mol. The Bertz CT molecular complexity index is 691. The molecule has 0 spiro atoms. The van der Waals surface area contributed by atoms with Crippen molar-refractivity contribution in [2.24, 2.45) is 0 Å². The molecule has 4 nitrogen and oxygen atoms in total. The first-order valence-electron chi connectivity index (χ1n) is 6.22. The van der Waals surface area contributed by atoms with E-state index in [2.05, 4.69) is 24.4 Å². The standard InChI is InChI=1S/C14H18N2O2S2/c1-11-8-9-12(19-11)10-15-13-6-4-5-7-14(13)20(17,18)16(2)3/h4-9,15H,10H2,1-3H3. The van der Waals surface area contributed by atoms with E-state index < -0.39 is 10.0 Å². The summed E-state index contributed by atoms with van der Waals surface area (Å²) in [5.41, 5.74) is 0.632. The van der Waals surface area contributed by atoms with Crippen molar-refractivity contribution in [3.8, 4) is 0 Å². The first-order chi connectivity index (χ1) is 9.41. The van der Waals surface area contributed by atoms with Crippen LogP contribution in [0.5, 0.6) is 0 Å². The predicted octanol–water partition coefficient (Wildman–Crippen LogP) is 2.92. The van der Waals surface area contributed by atoms with Crippen LogP contribution >= 0.6 is 11.3 Å². The predicted molar refractivity (Wildman–Crippen MR) is 83.7 cm³/mol. The van der Waals surface area contributed by atoms with Gasteiger partial charge in [0.1, 0.15) is 4.90 Å². The van der Waals surface area contributed by atoms with Gasteiger partial charge in [-0.15, -0.1) is 11.3 Å². The van der Waals surface area contributed by atoms with E-state index in [1.165, 1.54) is 28.2 Å². The van der Waals surface area contributed by atoms with Crippen molar-refractivity contribution in [3.63, 3.8) is 0 Å². The zero-order valence-electron chi connectivity index (χ0n) is 11.8. The number of thiophene rings is 1. The fourth-order valence-electron chi connectivity index (χ4n) is 1.80. The highest BCUT2D eigenvalue weighted by Crippen LogP contribution is 2.24. The minimum absolute atomic E-state index is 0.304. The van der Waals surface area contributed by atoms with Crippen LogP contribution in [-0.2, 0) is 16.6 Å². The Hall–Kier alpha value is -1.37. The zero-order valence-corrected chi connectivity index (χ0v) is 13.4. The lowest BCUT2D eigenvalue weighted by Crippen LogP contribution is -2.23. The molecule has 1 N–H and O–H groups in total. The minimum atomic E-state index is -3.43. The minimum Gasteiger partial charge on any atom is -0.379 e. The first kappa shape index (κ1) is 15.0. The number of sulfonamides is 1. The van der Waals surface area contributed by atoms with Crippen LogP contribution in [0.2, 0.25) is 0 Å². The number of anilines is 1. The van der Waals surface area contributed by atoms with Crippen molar-refractivity contribution >= 4 is 27.0 Å². The van der Waals surface area contributed by atoms with Crippen LogP contribution in [-0.4, -0.2) is 26.8 Å². The summed E-state index contributed by atoms with van der Waals surface area (Å²) in [4.78, 5) is 2.73. The van der Waals surface area contributed by atoms with Gasteiger partial charge < -0.3 is 5.32 Å². The van der Waals surface area contributed by atoms with Crippen molar-refractivity contribution in [2.75, 3.05) is 19.4 Å². The van der Waals surface area contributed by atoms with E-state index in [0.29, 0.717) is 17.1 Å². The smallest absolute Gasteiger partial charge is 0.244 e. The summed E-state index contributed by atoms with van der Waals surface area (Å²) in [6, 6.07) is 11.1. The molecule has 0 radical (unpaired) electrons. The lowest BCUT2D eigenvalue weighted by Gasteiger charge is -2.15. The molecule has 0 fully saturated rings. The fraction of sp³-hybridized carbons (Fsp3) is 0.286. The third kappa shape index (κ3) is 3.20. The monoisotopic (exact) mass is 310 g/mol. The molecule has 20 heavy (non-hydrogen) atoms. The van der Waals surface area contributed by atoms with Gasteiger partial charge >= 0.3 is 0 Å². The van der Waals surface area contributed by atoms with Crippen molar-refractivity contribution in [1.29, 1.82) is 0 Å². The Kier molecular flexibility index (Phi) is 4.47. The Morgan fingerprint density at radius 2 is 1.85 bits per heavy atom. The van der Waals surface area contributed by atoms with Crippen molar-refractivity contribution < 1.29 is 8.42 Å². The van der Waals surface area contributed by atoms with Crippen LogP contribution in [0.3, 0.4) is 0 Å². The molecular weight excluding hydrogens is 292 g/mol. The molecule has 2 aromatic rings. The summed E-state index contributed by atoms with van der Waals surface area (Å²) in [6.07, 6.45) is 0. The van der Waals surface area contributed by atoms with Crippen molar-refractivity contribution in [2.45, 2.75) is 18.4 Å². The van der Waals surface area contributed by atoms with Gasteiger partial charge in [-0.05, 0) is 31.2 Å². The van der Waals surface area contributed by atoms with E-state index in [1.807, 2.05) is 6.07 Å². The molecular formula is C14H18N2O2S2. The number of nitrogens with zero attached hydrogens (tertiary/aromatic N) is 1. The number of para-hydroxylation sites is 1. The van der Waals surface area contributed by atoms with Gasteiger partial charge in [-0.2, -0.15) is 0 Å². The molecule has 1 heterocycles. The summed E-state index contributed by atoms with van der Waals surface area (Å²) >= 11 is 1.70. The van der Waals surface area contributed by atoms with Crippen LogP contribution in [0, 0.1) is 6.92 Å². The highest BCUT2D eigenvalue weighted by Gasteiger charge is 2.20. The normalized spacial score (nSPS) is 11.8. The van der Waals surface area contributed by atoms with Crippen LogP contribution in [0.15, 0.2) is 41.3 Å². The number of aryl methyl sites for hydroxylation is 1. The van der Waals surface area contributed by atoms with Crippen molar-refractivity contribution in [3.05, 3.63) is 46.2 Å². The molecule has 0 saturated carbocycles. The summed E-state index contributed by atoms with van der Waals surface area (Å²) in [5.74, 6) is 0. The van der Waals surface area contributed by atoms with E-state index in [0.717, 1.165) is 0 Å². The van der Waals surface area contributed by atoms with E-state index >= 15 is 0 Å². The second-order valence-electron chi connectivity index (χ2n) is 4.65. The molecule has 0 unspecified atom stereocenters. The first-order valence-corrected chi connectivity index (χ1v) is 8.47. The Morgan fingerprint density at radius 3 is 2.45 bits per heavy atom. The van der Waals surface area contributed by atoms with E-state index in [4.69, 9.17) is 0 Å².